The number of rotatable bonds is 27. The molecule has 18 rings (SSSR count). The summed E-state index contributed by atoms with van der Waals surface area (Å²) < 4.78 is 121. The highest BCUT2D eigenvalue weighted by Gasteiger charge is 2.63. The van der Waals surface area contributed by atoms with Crippen molar-refractivity contribution in [1.82, 2.24) is 9.80 Å². The van der Waals surface area contributed by atoms with E-state index in [0.717, 1.165) is 64.8 Å². The Balaban J connectivity index is 0.000000151. The van der Waals surface area contributed by atoms with E-state index in [9.17, 15) is 51.7 Å². The summed E-state index contributed by atoms with van der Waals surface area (Å²) in [5, 5.41) is 22.2. The summed E-state index contributed by atoms with van der Waals surface area (Å²) >= 11 is 7.20. The number of hydrogen-bond acceptors (Lipinski definition) is 20. The van der Waals surface area contributed by atoms with Gasteiger partial charge in [0.2, 0.25) is 17.7 Å². The summed E-state index contributed by atoms with van der Waals surface area (Å²) in [6, 6.07) is 91.4. The minimum atomic E-state index is -2.99. The second-order valence-corrected chi connectivity index (χ2v) is 44.2. The van der Waals surface area contributed by atoms with Crippen molar-refractivity contribution < 1.29 is 108 Å². The zero-order chi connectivity index (χ0) is 101. The van der Waals surface area contributed by atoms with Crippen LogP contribution in [0.4, 0.5) is 38.5 Å². The van der Waals surface area contributed by atoms with Crippen molar-refractivity contribution in [2.75, 3.05) is 44.1 Å². The van der Waals surface area contributed by atoms with Crippen LogP contribution in [0.5, 0.6) is 11.5 Å². The van der Waals surface area contributed by atoms with E-state index >= 15 is 4.79 Å². The number of carbonyl (C=O) groups excluding carboxylic acids is 6. The van der Waals surface area contributed by atoms with Crippen molar-refractivity contribution in [3.8, 4) is 11.5 Å². The molecular formula is C113H114Br2F4N4O19Si. The average Bonchev–Trinajstić information content (AvgIpc) is 1.26. The first-order valence-electron chi connectivity index (χ1n) is 47.3. The number of ether oxygens (including phenoxy) is 9. The van der Waals surface area contributed by atoms with Crippen LogP contribution in [0.25, 0.3) is 0 Å². The van der Waals surface area contributed by atoms with Gasteiger partial charge in [0, 0.05) is 67.2 Å². The molecule has 14 atom stereocenters. The molecule has 0 saturated carbocycles. The molecular weight excluding hydrogens is 1980 g/mol. The fraction of sp³-hybridized carbons (Fsp3) is 0.310. The topological polar surface area (TPSA) is 266 Å². The number of anilines is 2. The molecule has 3 N–H and O–H groups in total. The first kappa shape index (κ1) is 105. The maximum Gasteiger partial charge on any atom is 0.417 e. The molecule has 23 nitrogen and oxygen atoms in total. The highest BCUT2D eigenvalue weighted by Crippen LogP contribution is 2.58. The van der Waals surface area contributed by atoms with E-state index < -0.39 is 98.9 Å². The molecule has 0 radical (unpaired) electrons. The number of carbonyl (C=O) groups is 6. The third-order valence-electron chi connectivity index (χ3n) is 26.0. The Morgan fingerprint density at radius 2 is 0.951 bits per heavy atom. The highest BCUT2D eigenvalue weighted by molar-refractivity contribution is 9.10. The Morgan fingerprint density at radius 3 is 1.48 bits per heavy atom. The molecule has 30 heteroatoms. The fourth-order valence-corrected chi connectivity index (χ4v) is 24.8. The minimum absolute atomic E-state index is 0.000727. The van der Waals surface area contributed by atoms with Gasteiger partial charge in [-0.2, -0.15) is 0 Å². The Bertz CT molecular complexity index is 6230. The predicted molar refractivity (Wildman–Crippen MR) is 538 cm³/mol. The van der Waals surface area contributed by atoms with Gasteiger partial charge in [0.15, 0.2) is 0 Å². The number of esters is 1. The number of nitrogens with one attached hydrogen (secondary N) is 1. The van der Waals surface area contributed by atoms with Gasteiger partial charge in [0.1, 0.15) is 86.9 Å². The van der Waals surface area contributed by atoms with E-state index in [2.05, 4.69) is 83.5 Å². The van der Waals surface area contributed by atoms with Gasteiger partial charge in [-0.1, -0.05) is 292 Å². The van der Waals surface area contributed by atoms with E-state index in [1.54, 1.807) is 36.4 Å². The molecule has 6 heterocycles. The van der Waals surface area contributed by atoms with Crippen LogP contribution >= 0.6 is 31.9 Å². The lowest BCUT2D eigenvalue weighted by Gasteiger charge is -2.55. The van der Waals surface area contributed by atoms with Crippen molar-refractivity contribution in [2.24, 2.45) is 11.8 Å². The van der Waals surface area contributed by atoms with Crippen molar-refractivity contribution in [3.63, 3.8) is 0 Å². The molecule has 6 aliphatic heterocycles. The maximum atomic E-state index is 15.3. The van der Waals surface area contributed by atoms with Crippen LogP contribution in [0.15, 0.2) is 324 Å². The summed E-state index contributed by atoms with van der Waals surface area (Å²) in [5.41, 5.74) is 9.79. The van der Waals surface area contributed by atoms with Crippen LogP contribution in [0, 0.1) is 35.1 Å². The van der Waals surface area contributed by atoms with Gasteiger partial charge in [-0.05, 0) is 142 Å². The van der Waals surface area contributed by atoms with Crippen LogP contribution in [0.2, 0.25) is 10.1 Å². The predicted octanol–water partition coefficient (Wildman–Crippen LogP) is 24.5. The van der Waals surface area contributed by atoms with Gasteiger partial charge in [0.05, 0.1) is 92.7 Å². The lowest BCUT2D eigenvalue weighted by molar-refractivity contribution is -0.200. The van der Waals surface area contributed by atoms with E-state index in [-0.39, 0.29) is 123 Å². The molecule has 746 valence electrons. The summed E-state index contributed by atoms with van der Waals surface area (Å²) in [6.45, 7) is 13.5. The monoisotopic (exact) mass is 2090 g/mol. The van der Waals surface area contributed by atoms with Gasteiger partial charge >= 0.3 is 26.7 Å². The van der Waals surface area contributed by atoms with Gasteiger partial charge in [-0.15, -0.1) is 0 Å². The SMILES string of the molecule is CC(C)(C)[Si]1(C(C)(C)C)O[C@@H](CC(=O)N2C(=O)OC[C@@H]2c2ccccc2)C[C@@H](c2ccc(F)cc2)O1.COC(=O)C[C@H](O)C[C@H](O)c1ccc(F)cc1.O=C1OC[C@H](c2ccccc2)N1C(=O)[C@@H]([C@H](Nc1ccccc1)c1ccc(Br)cc1OCc1ccccc1)[C@H]1C[C@@H](c2ccc(F)cc2)OCO1.O=C1[C@H]([C@H]2C[C@@H](c3ccc(F)cc3)OCO2)[C@@H](c2ccc(Br)cc2OCc2ccccc2)N1c1ccccc1. The number of benzene rings is 12. The van der Waals surface area contributed by atoms with E-state index in [4.69, 9.17) is 46.7 Å². The molecule has 6 fully saturated rings. The molecule has 12 aromatic carbocycles. The molecule has 12 aromatic rings. The van der Waals surface area contributed by atoms with Gasteiger partial charge in [-0.25, -0.2) is 37.0 Å². The summed E-state index contributed by atoms with van der Waals surface area (Å²) in [4.78, 5) is 83.9. The average molecular weight is 2100 g/mol. The van der Waals surface area contributed by atoms with Crippen LogP contribution in [0.1, 0.15) is 184 Å². The van der Waals surface area contributed by atoms with Crippen LogP contribution in [-0.2, 0) is 74.4 Å². The number of halogens is 6. The third-order valence-corrected chi connectivity index (χ3v) is 32.2. The van der Waals surface area contributed by atoms with E-state index in [0.29, 0.717) is 42.1 Å². The van der Waals surface area contributed by atoms with Crippen molar-refractivity contribution >= 4 is 87.7 Å². The maximum absolute atomic E-state index is 15.3. The molecule has 6 saturated heterocycles. The summed E-state index contributed by atoms with van der Waals surface area (Å²) in [5.74, 6) is -2.88. The Hall–Kier alpha value is -12.6. The molecule has 143 heavy (non-hydrogen) atoms. The number of amides is 5. The van der Waals surface area contributed by atoms with Crippen molar-refractivity contribution in [3.05, 3.63) is 403 Å². The largest absolute Gasteiger partial charge is 0.489 e. The van der Waals surface area contributed by atoms with Crippen LogP contribution in [0.3, 0.4) is 0 Å². The Labute approximate surface area is 847 Å². The number of imide groups is 2. The number of cyclic esters (lactones) is 2. The zero-order valence-electron chi connectivity index (χ0n) is 80.0. The van der Waals surface area contributed by atoms with Gasteiger partial charge in [-0.3, -0.25) is 19.2 Å². The normalized spacial score (nSPS) is 21.2. The number of aliphatic hydroxyl groups is 2. The first-order valence-corrected chi connectivity index (χ1v) is 50.8. The molecule has 0 spiro atoms. The van der Waals surface area contributed by atoms with E-state index in [1.165, 1.54) is 77.6 Å². The molecule has 0 aromatic heterocycles. The second kappa shape index (κ2) is 48.2. The molecule has 5 amide bonds. The second-order valence-electron chi connectivity index (χ2n) is 37.6. The fourth-order valence-electron chi connectivity index (χ4n) is 19.1. The number of β-lactam (4-membered cyclic amide) rings is 1. The standard InChI is InChI=1S/C41H36BrFN2O6.C32H27BrFNO4.C28H36FNO5Si.C12H15FO4/c42-30-18-21-33(36(22-30)48-24-27-10-4-1-5-11-27)39(44-32-14-8-3-9-15-32)38(37-23-35(50-26-51-37)29-16-19-31(43)20-17-29)40(46)45-34(25-49-41(45)47)28-12-6-2-7-13-28;33-23-13-16-26(28(17-23)37-19-21-7-3-1-4-8-21)31-30(32(36)35(31)25-9-5-2-6-10-25)29-18-27(38-20-39-29)22-11-14-24(34)15-12-22;1-27(2,3)36(28(4,5)6)34-22(16-24(35-36)20-12-14-21(29)15-13-20)17-25(31)30-23(18-33-26(30)32)19-10-8-7-9-11-19;1-17-12(16)7-10(14)6-11(15)8-2-4-9(13)5-3-8/h1-22,34-35,37-39,44H,23-26H2;1-17,27,29-31H,18-20H2;7-15,22-24H,16-18H2,1-6H3;2-5,10-11,14-15H,6-7H2,1H3/t34-,35+,37-,38-,39-;27-,29+,30+,31+;22-,23-,24+;10-,11+/m1011/s1. The van der Waals surface area contributed by atoms with E-state index in [1.807, 2.05) is 223 Å². The minimum Gasteiger partial charge on any atom is -0.489 e. The lowest BCUT2D eigenvalue weighted by atomic mass is 9.76. The molecule has 6 aliphatic rings. The smallest absolute Gasteiger partial charge is 0.417 e. The number of hydrogen-bond donors (Lipinski definition) is 3. The lowest BCUT2D eigenvalue weighted by Crippen LogP contribution is -2.62. The third kappa shape index (κ3) is 26.2. The molecule has 0 unspecified atom stereocenters. The van der Waals surface area contributed by atoms with Crippen LogP contribution in [-0.4, -0.2) is 123 Å². The van der Waals surface area contributed by atoms with Crippen LogP contribution < -0.4 is 19.7 Å². The number of methoxy groups -OCH3 is 1. The van der Waals surface area contributed by atoms with Gasteiger partial charge in [0.25, 0.3) is 0 Å². The number of aliphatic hydroxyl groups excluding tert-OH is 2. The molecule has 0 bridgehead atoms. The Morgan fingerprint density at radius 1 is 0.497 bits per heavy atom. The highest BCUT2D eigenvalue weighted by atomic mass is 79.9. The Kier molecular flexibility index (Phi) is 35.3. The van der Waals surface area contributed by atoms with Crippen molar-refractivity contribution in [2.45, 2.75) is 176 Å². The number of nitrogens with zero attached hydrogens (tertiary/aromatic N) is 3. The number of para-hydroxylation sites is 2. The first-order chi connectivity index (χ1) is 68.9. The van der Waals surface area contributed by atoms with Gasteiger partial charge < -0.3 is 71.9 Å². The zero-order valence-corrected chi connectivity index (χ0v) is 84.2. The summed E-state index contributed by atoms with van der Waals surface area (Å²) in [6.07, 6.45) is -4.98. The van der Waals surface area contributed by atoms with Crippen molar-refractivity contribution in [1.29, 1.82) is 0 Å². The quantitative estimate of drug-likeness (QED) is 0.0142. The molecule has 0 aliphatic carbocycles. The summed E-state index contributed by atoms with van der Waals surface area (Å²) in [7, 11) is -1.77.